The van der Waals surface area contributed by atoms with Gasteiger partial charge in [-0.25, -0.2) is 0 Å². The molecule has 0 aliphatic heterocycles. The normalized spacial score (nSPS) is 53.0. The smallest absolute Gasteiger partial charge is 0.0298 e. The molecule has 4 fully saturated rings. The van der Waals surface area contributed by atoms with Crippen LogP contribution in [0.4, 0.5) is 0 Å². The third-order valence-corrected chi connectivity index (χ3v) is 11.4. The van der Waals surface area contributed by atoms with E-state index in [4.69, 9.17) is 5.73 Å². The van der Waals surface area contributed by atoms with Crippen LogP contribution in [-0.2, 0) is 0 Å². The Morgan fingerprint density at radius 3 is 2.59 bits per heavy atom. The van der Waals surface area contributed by atoms with Crippen LogP contribution in [0.5, 0.6) is 0 Å². The molecule has 11 atom stereocenters. The summed E-state index contributed by atoms with van der Waals surface area (Å²) in [5.41, 5.74) is 8.65. The van der Waals surface area contributed by atoms with Crippen LogP contribution >= 0.6 is 0 Å². The van der Waals surface area contributed by atoms with Crippen molar-refractivity contribution >= 4 is 0 Å². The third kappa shape index (κ3) is 2.68. The quantitative estimate of drug-likeness (QED) is 0.517. The molecule has 0 heterocycles. The SMILES string of the molecule is NC1CCC2C3CCC=CC3C3(C4CCC=CC4C4C(NC5=CCCC=C5)CCC43)C2C1. The van der Waals surface area contributed by atoms with E-state index >= 15 is 0 Å². The summed E-state index contributed by atoms with van der Waals surface area (Å²) in [4.78, 5) is 0. The maximum atomic E-state index is 6.73. The van der Waals surface area contributed by atoms with Crippen LogP contribution in [0.25, 0.3) is 0 Å². The van der Waals surface area contributed by atoms with Crippen LogP contribution in [0.15, 0.2) is 48.2 Å². The van der Waals surface area contributed by atoms with Gasteiger partial charge in [-0.3, -0.25) is 0 Å². The van der Waals surface area contributed by atoms with Crippen LogP contribution in [0.1, 0.15) is 70.6 Å². The molecule has 0 amide bonds. The molecule has 0 radical (unpaired) electrons. The van der Waals surface area contributed by atoms with Gasteiger partial charge in [0.05, 0.1) is 0 Å². The molecule has 2 heteroatoms. The summed E-state index contributed by atoms with van der Waals surface area (Å²) in [6.07, 6.45) is 32.4. The van der Waals surface area contributed by atoms with Crippen molar-refractivity contribution in [2.45, 2.75) is 82.7 Å². The van der Waals surface area contributed by atoms with Crippen LogP contribution in [-0.4, -0.2) is 12.1 Å². The minimum absolute atomic E-state index is 0.446. The van der Waals surface area contributed by atoms with Crippen molar-refractivity contribution in [2.24, 2.45) is 58.5 Å². The summed E-state index contributed by atoms with van der Waals surface area (Å²) >= 11 is 0. The molecule has 7 aliphatic rings. The highest BCUT2D eigenvalue weighted by Crippen LogP contribution is 2.76. The van der Waals surface area contributed by atoms with E-state index in [0.29, 0.717) is 17.5 Å². The number of nitrogens with one attached hydrogen (secondary N) is 1. The largest absolute Gasteiger partial charge is 0.382 e. The first-order valence-corrected chi connectivity index (χ1v) is 14.0. The second-order valence-electron chi connectivity index (χ2n) is 12.4. The van der Waals surface area contributed by atoms with Crippen molar-refractivity contribution < 1.29 is 0 Å². The molecule has 0 aromatic rings. The van der Waals surface area contributed by atoms with Crippen LogP contribution in [0.3, 0.4) is 0 Å². The van der Waals surface area contributed by atoms with Crippen molar-refractivity contribution in [1.82, 2.24) is 5.32 Å². The van der Waals surface area contributed by atoms with E-state index in [0.717, 1.165) is 47.3 Å². The van der Waals surface area contributed by atoms with Crippen molar-refractivity contribution in [1.29, 1.82) is 0 Å². The molecule has 0 bridgehead atoms. The molecule has 7 aliphatic carbocycles. The maximum absolute atomic E-state index is 6.73. The number of fused-ring (bicyclic) bond motifs is 10. The van der Waals surface area contributed by atoms with E-state index in [9.17, 15) is 0 Å². The fourth-order valence-electron chi connectivity index (χ4n) is 10.8. The van der Waals surface area contributed by atoms with Gasteiger partial charge < -0.3 is 11.1 Å². The van der Waals surface area contributed by atoms with Gasteiger partial charge in [0.15, 0.2) is 0 Å². The van der Waals surface area contributed by atoms with E-state index < -0.39 is 0 Å². The molecule has 0 saturated heterocycles. The highest BCUT2D eigenvalue weighted by Gasteiger charge is 2.72. The van der Waals surface area contributed by atoms with Gasteiger partial charge in [0.2, 0.25) is 0 Å². The molecular formula is C30H42N2. The molecule has 32 heavy (non-hydrogen) atoms. The number of nitrogens with two attached hydrogens (primary N) is 1. The van der Waals surface area contributed by atoms with Crippen molar-refractivity contribution in [3.63, 3.8) is 0 Å². The highest BCUT2D eigenvalue weighted by atomic mass is 15.0. The van der Waals surface area contributed by atoms with Crippen LogP contribution in [0, 0.1) is 52.8 Å². The summed E-state index contributed by atoms with van der Waals surface area (Å²) in [6.45, 7) is 0. The summed E-state index contributed by atoms with van der Waals surface area (Å²) in [5.74, 6) is 6.99. The fraction of sp³-hybridized carbons (Fsp3) is 0.733. The topological polar surface area (TPSA) is 38.0 Å². The van der Waals surface area contributed by atoms with Gasteiger partial charge in [-0.05, 0) is 129 Å². The first kappa shape index (κ1) is 20.1. The Kier molecular flexibility index (Phi) is 4.79. The van der Waals surface area contributed by atoms with Crippen molar-refractivity contribution in [2.75, 3.05) is 0 Å². The molecule has 2 nitrogen and oxygen atoms in total. The highest BCUT2D eigenvalue weighted by molar-refractivity contribution is 5.29. The standard InChI is InChI=1S/C30H42N2/c31-19-14-15-22-21-10-4-6-12-24(21)30(27(22)18-19)25-13-7-5-11-23(25)29-26(30)16-17-28(29)32-20-8-2-1-3-9-20/h2,5-6,8-9,11-12,19,21-29,32H,1,3-4,7,10,13-18,31H2. The minimum atomic E-state index is 0.446. The number of rotatable bonds is 2. The molecule has 4 saturated carbocycles. The average Bonchev–Trinajstić information content (AvgIpc) is 3.46. The fourth-order valence-corrected chi connectivity index (χ4v) is 10.8. The van der Waals surface area contributed by atoms with Gasteiger partial charge >= 0.3 is 0 Å². The Balaban J connectivity index is 1.32. The molecular weight excluding hydrogens is 388 g/mol. The molecule has 0 aromatic heterocycles. The Labute approximate surface area is 194 Å². The molecule has 7 rings (SSSR count). The number of hydrogen-bond acceptors (Lipinski definition) is 2. The van der Waals surface area contributed by atoms with Gasteiger partial charge in [0.25, 0.3) is 0 Å². The number of hydrogen-bond donors (Lipinski definition) is 2. The van der Waals surface area contributed by atoms with Gasteiger partial charge in [-0.15, -0.1) is 0 Å². The molecule has 1 spiro atoms. The van der Waals surface area contributed by atoms with Crippen LogP contribution < -0.4 is 11.1 Å². The Morgan fingerprint density at radius 1 is 0.781 bits per heavy atom. The van der Waals surface area contributed by atoms with E-state index in [1.54, 1.807) is 0 Å². The zero-order valence-corrected chi connectivity index (χ0v) is 19.7. The second-order valence-corrected chi connectivity index (χ2v) is 12.4. The predicted octanol–water partition coefficient (Wildman–Crippen LogP) is 6.13. The average molecular weight is 431 g/mol. The minimum Gasteiger partial charge on any atom is -0.382 e. The lowest BCUT2D eigenvalue weighted by molar-refractivity contribution is -0.000628. The van der Waals surface area contributed by atoms with Gasteiger partial charge in [0, 0.05) is 17.8 Å². The molecule has 3 N–H and O–H groups in total. The molecule has 0 aromatic carbocycles. The van der Waals surface area contributed by atoms with Crippen LogP contribution in [0.2, 0.25) is 0 Å². The zero-order valence-electron chi connectivity index (χ0n) is 19.7. The lowest BCUT2D eigenvalue weighted by atomic mass is 9.55. The summed E-state index contributed by atoms with van der Waals surface area (Å²) < 4.78 is 0. The predicted molar refractivity (Wildman–Crippen MR) is 132 cm³/mol. The first-order chi connectivity index (χ1) is 15.8. The van der Waals surface area contributed by atoms with Gasteiger partial charge in [-0.2, -0.15) is 0 Å². The lowest BCUT2D eigenvalue weighted by Crippen LogP contribution is -2.46. The second kappa shape index (κ2) is 7.62. The van der Waals surface area contributed by atoms with E-state index in [-0.39, 0.29) is 0 Å². The Bertz CT molecular complexity index is 866. The van der Waals surface area contributed by atoms with E-state index in [2.05, 4.69) is 47.8 Å². The maximum Gasteiger partial charge on any atom is 0.0298 e. The zero-order chi connectivity index (χ0) is 21.3. The summed E-state index contributed by atoms with van der Waals surface area (Å²) in [5, 5.41) is 4.08. The number of allylic oxidation sites excluding steroid dienone is 7. The molecule has 172 valence electrons. The lowest BCUT2D eigenvalue weighted by Gasteiger charge is -2.50. The monoisotopic (exact) mass is 430 g/mol. The third-order valence-electron chi connectivity index (χ3n) is 11.4. The Hall–Kier alpha value is -1.28. The van der Waals surface area contributed by atoms with Crippen molar-refractivity contribution in [3.05, 3.63) is 48.2 Å². The van der Waals surface area contributed by atoms with Gasteiger partial charge in [0.1, 0.15) is 0 Å². The summed E-state index contributed by atoms with van der Waals surface area (Å²) in [7, 11) is 0. The molecule has 11 unspecified atom stereocenters. The van der Waals surface area contributed by atoms with Crippen molar-refractivity contribution in [3.8, 4) is 0 Å². The first-order valence-electron chi connectivity index (χ1n) is 14.0. The van der Waals surface area contributed by atoms with E-state index in [1.807, 2.05) is 0 Å². The summed E-state index contributed by atoms with van der Waals surface area (Å²) in [6, 6.07) is 1.10. The van der Waals surface area contributed by atoms with E-state index in [1.165, 1.54) is 76.3 Å². The van der Waals surface area contributed by atoms with Gasteiger partial charge in [-0.1, -0.05) is 36.5 Å². The Morgan fingerprint density at radius 2 is 1.69 bits per heavy atom.